The molecule has 0 radical (unpaired) electrons. The largest absolute Gasteiger partial charge is 0.269 e. The lowest BCUT2D eigenvalue weighted by molar-refractivity contribution is -0.114. The SMILES string of the molecule is C=CC(=O)NCl. The summed E-state index contributed by atoms with van der Waals surface area (Å²) in [4.78, 5) is 11.6. The van der Waals surface area contributed by atoms with Crippen molar-refractivity contribution >= 4 is 17.7 Å². The van der Waals surface area contributed by atoms with Gasteiger partial charge in [-0.15, -0.1) is 0 Å². The lowest BCUT2D eigenvalue weighted by Gasteiger charge is -1.78. The summed E-state index contributed by atoms with van der Waals surface area (Å²) in [6.07, 6.45) is 1.09. The second-order valence-electron chi connectivity index (χ2n) is 0.663. The lowest BCUT2D eigenvalue weighted by Crippen LogP contribution is -2.06. The van der Waals surface area contributed by atoms with Crippen LogP contribution in [0.2, 0.25) is 0 Å². The molecule has 34 valence electrons. The monoisotopic (exact) mass is 105 g/mol. The summed E-state index contributed by atoms with van der Waals surface area (Å²) < 4.78 is 0. The molecule has 0 rings (SSSR count). The van der Waals surface area contributed by atoms with Crippen LogP contribution in [0, 0.1) is 0 Å². The van der Waals surface area contributed by atoms with Crippen LogP contribution in [0.1, 0.15) is 0 Å². The van der Waals surface area contributed by atoms with Gasteiger partial charge in [0, 0.05) is 11.8 Å². The number of amides is 1. The van der Waals surface area contributed by atoms with E-state index in [4.69, 9.17) is 11.8 Å². The molecule has 0 saturated carbocycles. The average Bonchev–Trinajstić information content (AvgIpc) is 1.65. The quantitative estimate of drug-likeness (QED) is 0.381. The highest BCUT2D eigenvalue weighted by molar-refractivity contribution is 6.22. The smallest absolute Gasteiger partial charge is 0.257 e. The highest BCUT2D eigenvalue weighted by atomic mass is 35.5. The van der Waals surface area contributed by atoms with Gasteiger partial charge in [0.1, 0.15) is 0 Å². The van der Waals surface area contributed by atoms with E-state index in [0.717, 1.165) is 6.08 Å². The fraction of sp³-hybridized carbons (Fsp3) is 0. The molecule has 1 amide bonds. The molecule has 0 unspecified atom stereocenters. The van der Waals surface area contributed by atoms with E-state index in [2.05, 4.69) is 6.58 Å². The zero-order valence-corrected chi connectivity index (χ0v) is 3.83. The Hall–Kier alpha value is -0.500. The molecule has 0 spiro atoms. The van der Waals surface area contributed by atoms with Crippen LogP contribution in [0.4, 0.5) is 0 Å². The van der Waals surface area contributed by atoms with E-state index < -0.39 is 0 Å². The lowest BCUT2D eigenvalue weighted by atomic mass is 10.6. The molecule has 0 aromatic heterocycles. The molecule has 0 aliphatic heterocycles. The van der Waals surface area contributed by atoms with Crippen molar-refractivity contribution in [2.75, 3.05) is 0 Å². The van der Waals surface area contributed by atoms with Crippen LogP contribution in [0.5, 0.6) is 0 Å². The van der Waals surface area contributed by atoms with Crippen molar-refractivity contribution in [2.45, 2.75) is 0 Å². The molecule has 2 nitrogen and oxygen atoms in total. The molecule has 1 N–H and O–H groups in total. The van der Waals surface area contributed by atoms with E-state index in [1.165, 1.54) is 0 Å². The normalized spacial score (nSPS) is 6.83. The topological polar surface area (TPSA) is 29.1 Å². The Morgan fingerprint density at radius 1 is 2.00 bits per heavy atom. The maximum Gasteiger partial charge on any atom is 0.257 e. The molecule has 0 aliphatic carbocycles. The standard InChI is InChI=1S/C3H4ClNO/c1-2-3(6)5-4/h2H,1H2,(H,5,6). The maximum atomic E-state index is 9.82. The molecule has 0 aromatic carbocycles. The van der Waals surface area contributed by atoms with Crippen LogP contribution in [-0.2, 0) is 4.79 Å². The molecular weight excluding hydrogens is 101 g/mol. The predicted octanol–water partition coefficient (Wildman–Crippen LogP) is 0.442. The summed E-state index contributed by atoms with van der Waals surface area (Å²) in [6, 6.07) is 0. The maximum absolute atomic E-state index is 9.82. The number of hydrogen-bond acceptors (Lipinski definition) is 1. The van der Waals surface area contributed by atoms with Gasteiger partial charge in [-0.2, -0.15) is 0 Å². The first-order valence-electron chi connectivity index (χ1n) is 1.34. The van der Waals surface area contributed by atoms with E-state index >= 15 is 0 Å². The van der Waals surface area contributed by atoms with Gasteiger partial charge in [0.15, 0.2) is 0 Å². The van der Waals surface area contributed by atoms with Gasteiger partial charge >= 0.3 is 0 Å². The van der Waals surface area contributed by atoms with Crippen LogP contribution >= 0.6 is 11.8 Å². The summed E-state index contributed by atoms with van der Waals surface area (Å²) in [6.45, 7) is 3.13. The Bertz CT molecular complexity index is 71.2. The molecule has 3 heteroatoms. The summed E-state index contributed by atoms with van der Waals surface area (Å²) in [7, 11) is 0. The molecule has 0 fully saturated rings. The molecule has 0 aromatic rings. The number of rotatable bonds is 1. The number of nitrogens with one attached hydrogen (secondary N) is 1. The predicted molar refractivity (Wildman–Crippen MR) is 24.2 cm³/mol. The summed E-state index contributed by atoms with van der Waals surface area (Å²) in [5.74, 6) is -0.378. The molecule has 0 heterocycles. The Kier molecular flexibility index (Phi) is 2.50. The molecule has 0 bridgehead atoms. The van der Waals surface area contributed by atoms with E-state index in [0.29, 0.717) is 0 Å². The minimum absolute atomic E-state index is 0.378. The minimum Gasteiger partial charge on any atom is -0.269 e. The van der Waals surface area contributed by atoms with Gasteiger partial charge in [-0.05, 0) is 6.08 Å². The van der Waals surface area contributed by atoms with Crippen molar-refractivity contribution < 1.29 is 4.79 Å². The van der Waals surface area contributed by atoms with Crippen molar-refractivity contribution in [2.24, 2.45) is 0 Å². The van der Waals surface area contributed by atoms with E-state index in [1.54, 1.807) is 0 Å². The highest BCUT2D eigenvalue weighted by Gasteiger charge is 1.81. The summed E-state index contributed by atoms with van der Waals surface area (Å²) in [5.41, 5.74) is 0. The second-order valence-corrected chi connectivity index (χ2v) is 0.852. The fourth-order valence-electron chi connectivity index (χ4n) is 0.0386. The number of carbonyl (C=O) groups excluding carboxylic acids is 1. The number of hydrogen-bond donors (Lipinski definition) is 1. The highest BCUT2D eigenvalue weighted by Crippen LogP contribution is 1.64. The van der Waals surface area contributed by atoms with Gasteiger partial charge in [0.05, 0.1) is 0 Å². The van der Waals surface area contributed by atoms with Crippen molar-refractivity contribution in [3.8, 4) is 0 Å². The van der Waals surface area contributed by atoms with Crippen LogP contribution < -0.4 is 4.84 Å². The molecule has 0 saturated heterocycles. The molecule has 0 aliphatic rings. The van der Waals surface area contributed by atoms with Crippen molar-refractivity contribution in [1.82, 2.24) is 4.84 Å². The zero-order chi connectivity index (χ0) is 4.99. The fourth-order valence-corrected chi connectivity index (χ4v) is 0.116. The van der Waals surface area contributed by atoms with Crippen LogP contribution in [-0.4, -0.2) is 5.91 Å². The number of carbonyl (C=O) groups is 1. The summed E-state index contributed by atoms with van der Waals surface area (Å²) >= 11 is 4.78. The molecule has 6 heavy (non-hydrogen) atoms. The average molecular weight is 106 g/mol. The summed E-state index contributed by atoms with van der Waals surface area (Å²) in [5, 5.41) is 0. The van der Waals surface area contributed by atoms with Crippen molar-refractivity contribution in [1.29, 1.82) is 0 Å². The molecular formula is C3H4ClNO. The van der Waals surface area contributed by atoms with E-state index in [9.17, 15) is 4.79 Å². The van der Waals surface area contributed by atoms with E-state index in [1.807, 2.05) is 4.84 Å². The zero-order valence-electron chi connectivity index (χ0n) is 3.07. The van der Waals surface area contributed by atoms with Gasteiger partial charge in [-0.25, -0.2) is 0 Å². The van der Waals surface area contributed by atoms with Crippen molar-refractivity contribution in [3.05, 3.63) is 12.7 Å². The Labute approximate surface area is 40.9 Å². The Morgan fingerprint density at radius 2 is 2.50 bits per heavy atom. The van der Waals surface area contributed by atoms with Gasteiger partial charge in [0.2, 0.25) is 0 Å². The Balaban J connectivity index is 3.23. The van der Waals surface area contributed by atoms with Gasteiger partial charge in [-0.3, -0.25) is 9.63 Å². The van der Waals surface area contributed by atoms with Gasteiger partial charge < -0.3 is 0 Å². The third kappa shape index (κ3) is 1.79. The third-order valence-electron chi connectivity index (χ3n) is 0.279. The number of halogens is 1. The van der Waals surface area contributed by atoms with Crippen LogP contribution in [0.25, 0.3) is 0 Å². The first-order valence-corrected chi connectivity index (χ1v) is 1.72. The molecule has 0 atom stereocenters. The van der Waals surface area contributed by atoms with Crippen LogP contribution in [0.3, 0.4) is 0 Å². The Morgan fingerprint density at radius 3 is 2.50 bits per heavy atom. The van der Waals surface area contributed by atoms with Gasteiger partial charge in [0.25, 0.3) is 5.91 Å². The van der Waals surface area contributed by atoms with Gasteiger partial charge in [-0.1, -0.05) is 6.58 Å². The first-order chi connectivity index (χ1) is 2.81. The first kappa shape index (κ1) is 5.50. The third-order valence-corrected chi connectivity index (χ3v) is 0.465. The van der Waals surface area contributed by atoms with E-state index in [-0.39, 0.29) is 5.91 Å². The van der Waals surface area contributed by atoms with Crippen LogP contribution in [0.15, 0.2) is 12.7 Å². The minimum atomic E-state index is -0.378. The second kappa shape index (κ2) is 2.72. The van der Waals surface area contributed by atoms with Crippen molar-refractivity contribution in [3.63, 3.8) is 0 Å².